The van der Waals surface area contributed by atoms with Crippen LogP contribution in [0.2, 0.25) is 5.28 Å². The van der Waals surface area contributed by atoms with E-state index in [4.69, 9.17) is 16.3 Å². The monoisotopic (exact) mass is 296 g/mol. The van der Waals surface area contributed by atoms with Crippen LogP contribution in [0.3, 0.4) is 0 Å². The van der Waals surface area contributed by atoms with Gasteiger partial charge >= 0.3 is 0 Å². The second kappa shape index (κ2) is 6.62. The fraction of sp³-hybridized carbons (Fsp3) is 0.500. The number of halogens is 1. The number of hydrogen-bond acceptors (Lipinski definition) is 6. The van der Waals surface area contributed by atoms with Gasteiger partial charge in [0.15, 0.2) is 0 Å². The summed E-state index contributed by atoms with van der Waals surface area (Å²) in [4.78, 5) is 12.4. The van der Waals surface area contributed by atoms with Crippen LogP contribution in [0.5, 0.6) is 0 Å². The van der Waals surface area contributed by atoms with E-state index < -0.39 is 0 Å². The molecule has 0 aliphatic rings. The maximum absolute atomic E-state index is 5.93. The molecular formula is C12H17ClN6O. The normalized spacial score (nSPS) is 12.7. The van der Waals surface area contributed by atoms with Gasteiger partial charge in [0.1, 0.15) is 0 Å². The van der Waals surface area contributed by atoms with E-state index in [1.165, 1.54) is 4.68 Å². The third-order valence-corrected chi connectivity index (χ3v) is 2.94. The largest absolute Gasteiger partial charge is 0.383 e. The predicted octanol–water partition coefficient (Wildman–Crippen LogP) is 1.79. The molecule has 2 aromatic heterocycles. The van der Waals surface area contributed by atoms with Crippen molar-refractivity contribution < 1.29 is 4.74 Å². The third-order valence-electron chi connectivity index (χ3n) is 2.77. The molecule has 0 saturated carbocycles. The molecule has 8 heteroatoms. The summed E-state index contributed by atoms with van der Waals surface area (Å²) in [6.07, 6.45) is 3.39. The fourth-order valence-corrected chi connectivity index (χ4v) is 1.80. The van der Waals surface area contributed by atoms with Gasteiger partial charge < -0.3 is 10.1 Å². The van der Waals surface area contributed by atoms with Crippen molar-refractivity contribution in [2.45, 2.75) is 19.9 Å². The molecule has 0 amide bonds. The van der Waals surface area contributed by atoms with Crippen molar-refractivity contribution >= 4 is 17.5 Å². The molecule has 1 unspecified atom stereocenters. The smallest absolute Gasteiger partial charge is 0.256 e. The Balaban J connectivity index is 2.23. The van der Waals surface area contributed by atoms with Crippen LogP contribution >= 0.6 is 11.6 Å². The number of nitrogens with one attached hydrogen (secondary N) is 1. The highest BCUT2D eigenvalue weighted by atomic mass is 35.5. The van der Waals surface area contributed by atoms with E-state index in [0.717, 1.165) is 0 Å². The SMILES string of the molecule is COCC(Nc1nc(Cl)nc(-n2cccn2)n1)C(C)C. The van der Waals surface area contributed by atoms with Crippen molar-refractivity contribution in [1.29, 1.82) is 0 Å². The standard InChI is InChI=1S/C12H17ClN6O/c1-8(2)9(7-20-3)15-11-16-10(13)17-12(18-11)19-6-4-5-14-19/h4-6,8-9H,7H2,1-3H3,(H,15,16,17,18). The predicted molar refractivity (Wildman–Crippen MR) is 76.1 cm³/mol. The molecular weight excluding hydrogens is 280 g/mol. The van der Waals surface area contributed by atoms with Gasteiger partial charge in [-0.15, -0.1) is 0 Å². The van der Waals surface area contributed by atoms with E-state index in [2.05, 4.69) is 39.2 Å². The summed E-state index contributed by atoms with van der Waals surface area (Å²) >= 11 is 5.93. The van der Waals surface area contributed by atoms with Crippen molar-refractivity contribution in [2.75, 3.05) is 19.0 Å². The van der Waals surface area contributed by atoms with Gasteiger partial charge in [-0.1, -0.05) is 13.8 Å². The number of ether oxygens (including phenoxy) is 1. The molecule has 2 heterocycles. The maximum atomic E-state index is 5.93. The first kappa shape index (κ1) is 14.7. The lowest BCUT2D eigenvalue weighted by Gasteiger charge is -2.21. The van der Waals surface area contributed by atoms with Gasteiger partial charge in [-0.3, -0.25) is 0 Å². The van der Waals surface area contributed by atoms with Gasteiger partial charge in [0.2, 0.25) is 11.2 Å². The van der Waals surface area contributed by atoms with E-state index in [-0.39, 0.29) is 11.3 Å². The highest BCUT2D eigenvalue weighted by molar-refractivity contribution is 6.28. The number of rotatable bonds is 6. The second-order valence-corrected chi connectivity index (χ2v) is 4.97. The van der Waals surface area contributed by atoms with Crippen LogP contribution in [0, 0.1) is 5.92 Å². The molecule has 0 aromatic carbocycles. The summed E-state index contributed by atoms with van der Waals surface area (Å²) in [5.41, 5.74) is 0. The van der Waals surface area contributed by atoms with E-state index in [1.807, 2.05) is 0 Å². The van der Waals surface area contributed by atoms with Crippen LogP contribution in [0.4, 0.5) is 5.95 Å². The molecule has 0 radical (unpaired) electrons. The molecule has 0 aliphatic heterocycles. The lowest BCUT2D eigenvalue weighted by Crippen LogP contribution is -2.31. The van der Waals surface area contributed by atoms with E-state index in [0.29, 0.717) is 24.4 Å². The Labute approximate surface area is 122 Å². The summed E-state index contributed by atoms with van der Waals surface area (Å²) in [5.74, 6) is 1.14. The summed E-state index contributed by atoms with van der Waals surface area (Å²) in [6.45, 7) is 4.74. The Morgan fingerprint density at radius 1 is 1.35 bits per heavy atom. The first-order valence-electron chi connectivity index (χ1n) is 6.27. The molecule has 1 atom stereocenters. The molecule has 1 N–H and O–H groups in total. The molecule has 0 aliphatic carbocycles. The zero-order valence-corrected chi connectivity index (χ0v) is 12.4. The Morgan fingerprint density at radius 3 is 2.75 bits per heavy atom. The van der Waals surface area contributed by atoms with Crippen molar-refractivity contribution in [1.82, 2.24) is 24.7 Å². The molecule has 20 heavy (non-hydrogen) atoms. The van der Waals surface area contributed by atoms with Gasteiger partial charge in [-0.05, 0) is 23.6 Å². The van der Waals surface area contributed by atoms with Crippen molar-refractivity contribution in [3.63, 3.8) is 0 Å². The third kappa shape index (κ3) is 3.64. The fourth-order valence-electron chi connectivity index (χ4n) is 1.64. The molecule has 7 nitrogen and oxygen atoms in total. The number of hydrogen-bond donors (Lipinski definition) is 1. The highest BCUT2D eigenvalue weighted by Crippen LogP contribution is 2.13. The quantitative estimate of drug-likeness (QED) is 0.876. The first-order chi connectivity index (χ1) is 9.60. The molecule has 0 saturated heterocycles. The van der Waals surface area contributed by atoms with Crippen LogP contribution < -0.4 is 5.32 Å². The van der Waals surface area contributed by atoms with Crippen LogP contribution in [0.1, 0.15) is 13.8 Å². The van der Waals surface area contributed by atoms with Crippen LogP contribution in [-0.4, -0.2) is 44.5 Å². The summed E-state index contributed by atoms with van der Waals surface area (Å²) in [7, 11) is 1.66. The van der Waals surface area contributed by atoms with Crippen molar-refractivity contribution in [3.8, 4) is 5.95 Å². The van der Waals surface area contributed by atoms with Crippen LogP contribution in [0.25, 0.3) is 5.95 Å². The summed E-state index contributed by atoms with van der Waals surface area (Å²) < 4.78 is 6.71. The van der Waals surface area contributed by atoms with E-state index >= 15 is 0 Å². The Hall–Kier alpha value is -1.73. The molecule has 2 aromatic rings. The van der Waals surface area contributed by atoms with Gasteiger partial charge in [-0.2, -0.15) is 20.1 Å². The lowest BCUT2D eigenvalue weighted by molar-refractivity contribution is 0.171. The number of anilines is 1. The van der Waals surface area contributed by atoms with Gasteiger partial charge in [0.25, 0.3) is 5.95 Å². The van der Waals surface area contributed by atoms with Gasteiger partial charge in [-0.25, -0.2) is 4.68 Å². The van der Waals surface area contributed by atoms with Gasteiger partial charge in [0, 0.05) is 19.5 Å². The zero-order valence-electron chi connectivity index (χ0n) is 11.6. The molecule has 0 spiro atoms. The Bertz CT molecular complexity index is 545. The minimum Gasteiger partial charge on any atom is -0.383 e. The van der Waals surface area contributed by atoms with Gasteiger partial charge in [0.05, 0.1) is 12.6 Å². The Morgan fingerprint density at radius 2 is 2.15 bits per heavy atom. The second-order valence-electron chi connectivity index (χ2n) is 4.63. The van der Waals surface area contributed by atoms with E-state index in [1.54, 1.807) is 25.6 Å². The van der Waals surface area contributed by atoms with Crippen LogP contribution in [0.15, 0.2) is 18.5 Å². The van der Waals surface area contributed by atoms with Crippen LogP contribution in [-0.2, 0) is 4.74 Å². The number of methoxy groups -OCH3 is 1. The number of aromatic nitrogens is 5. The summed E-state index contributed by atoms with van der Waals surface area (Å²) in [6, 6.07) is 1.87. The Kier molecular flexibility index (Phi) is 4.86. The zero-order chi connectivity index (χ0) is 14.5. The minimum atomic E-state index is 0.0870. The highest BCUT2D eigenvalue weighted by Gasteiger charge is 2.16. The molecule has 0 fully saturated rings. The molecule has 108 valence electrons. The molecule has 0 bridgehead atoms. The van der Waals surface area contributed by atoms with Crippen molar-refractivity contribution in [3.05, 3.63) is 23.7 Å². The minimum absolute atomic E-state index is 0.0870. The topological polar surface area (TPSA) is 77.8 Å². The van der Waals surface area contributed by atoms with E-state index in [9.17, 15) is 0 Å². The maximum Gasteiger partial charge on any atom is 0.256 e. The summed E-state index contributed by atoms with van der Waals surface area (Å²) in [5, 5.41) is 7.40. The lowest BCUT2D eigenvalue weighted by atomic mass is 10.1. The average Bonchev–Trinajstić information content (AvgIpc) is 2.91. The van der Waals surface area contributed by atoms with Crippen molar-refractivity contribution in [2.24, 2.45) is 5.92 Å². The first-order valence-corrected chi connectivity index (χ1v) is 6.65. The average molecular weight is 297 g/mol. The number of nitrogens with zero attached hydrogens (tertiary/aromatic N) is 5. The molecule has 2 rings (SSSR count).